The Labute approximate surface area is 179 Å². The number of rotatable bonds is 4. The number of nitrogens with one attached hydrogen (secondary N) is 1. The molecule has 1 N–H and O–H groups in total. The van der Waals surface area contributed by atoms with Gasteiger partial charge in [-0.1, -0.05) is 32.1 Å². The standard InChI is InChI=1S/C24H36N4O2/c29-22(14-17-6-2-1-3-7-17)28-12-10-18(15-28)23-25-21-16-27(19-8-4-5-9-19)13-11-20(21)24(30)26-23/h17-19H,1-16H2,(H,25,26,30). The molecule has 3 fully saturated rings. The number of amides is 1. The summed E-state index contributed by atoms with van der Waals surface area (Å²) >= 11 is 0. The zero-order chi connectivity index (χ0) is 20.5. The molecular formula is C24H36N4O2. The summed E-state index contributed by atoms with van der Waals surface area (Å²) in [7, 11) is 0. The summed E-state index contributed by atoms with van der Waals surface area (Å²) in [5.74, 6) is 1.85. The van der Waals surface area contributed by atoms with Crippen molar-refractivity contribution >= 4 is 5.91 Å². The number of nitrogens with zero attached hydrogens (tertiary/aromatic N) is 3. The predicted molar refractivity (Wildman–Crippen MR) is 116 cm³/mol. The molecule has 1 unspecified atom stereocenters. The van der Waals surface area contributed by atoms with Crippen molar-refractivity contribution in [3.63, 3.8) is 0 Å². The summed E-state index contributed by atoms with van der Waals surface area (Å²) in [4.78, 5) is 38.2. The lowest BCUT2D eigenvalue weighted by Gasteiger charge is -2.32. The molecule has 1 aromatic rings. The third-order valence-electron chi connectivity index (χ3n) is 8.08. The van der Waals surface area contributed by atoms with Crippen LogP contribution in [-0.2, 0) is 17.8 Å². The van der Waals surface area contributed by atoms with Gasteiger partial charge < -0.3 is 9.88 Å². The number of hydrogen-bond donors (Lipinski definition) is 1. The van der Waals surface area contributed by atoms with E-state index in [2.05, 4.69) is 9.88 Å². The van der Waals surface area contributed by atoms with Crippen molar-refractivity contribution in [2.45, 2.75) is 95.6 Å². The van der Waals surface area contributed by atoms with Crippen molar-refractivity contribution in [2.24, 2.45) is 5.92 Å². The second-order valence-corrected chi connectivity index (χ2v) is 10.1. The number of aromatic nitrogens is 2. The highest BCUT2D eigenvalue weighted by Gasteiger charge is 2.33. The van der Waals surface area contributed by atoms with E-state index in [0.717, 1.165) is 49.6 Å². The van der Waals surface area contributed by atoms with Crippen molar-refractivity contribution < 1.29 is 4.79 Å². The summed E-state index contributed by atoms with van der Waals surface area (Å²) < 4.78 is 0. The van der Waals surface area contributed by atoms with E-state index in [0.29, 0.717) is 30.8 Å². The lowest BCUT2D eigenvalue weighted by molar-refractivity contribution is -0.131. The number of likely N-dealkylation sites (tertiary alicyclic amines) is 1. The first-order chi connectivity index (χ1) is 14.7. The molecule has 0 aromatic carbocycles. The number of fused-ring (bicyclic) bond motifs is 1. The van der Waals surface area contributed by atoms with Crippen molar-refractivity contribution in [1.29, 1.82) is 0 Å². The first-order valence-corrected chi connectivity index (χ1v) is 12.3. The van der Waals surface area contributed by atoms with Gasteiger partial charge in [0.15, 0.2) is 0 Å². The molecule has 1 atom stereocenters. The minimum atomic E-state index is 0.0491. The summed E-state index contributed by atoms with van der Waals surface area (Å²) in [6.07, 6.45) is 13.9. The van der Waals surface area contributed by atoms with E-state index >= 15 is 0 Å². The third kappa shape index (κ3) is 4.20. The Morgan fingerprint density at radius 1 is 1.00 bits per heavy atom. The Bertz CT molecular complexity index is 823. The van der Waals surface area contributed by atoms with Crippen molar-refractivity contribution in [1.82, 2.24) is 19.8 Å². The largest absolute Gasteiger partial charge is 0.342 e. The first kappa shape index (κ1) is 20.2. The van der Waals surface area contributed by atoms with E-state index in [4.69, 9.17) is 4.98 Å². The highest BCUT2D eigenvalue weighted by atomic mass is 16.2. The molecule has 1 saturated heterocycles. The molecular weight excluding hydrogens is 376 g/mol. The zero-order valence-electron chi connectivity index (χ0n) is 18.2. The predicted octanol–water partition coefficient (Wildman–Crippen LogP) is 3.36. The minimum absolute atomic E-state index is 0.0491. The van der Waals surface area contributed by atoms with Gasteiger partial charge in [0.05, 0.1) is 5.69 Å². The number of carbonyl (C=O) groups is 1. The highest BCUT2D eigenvalue weighted by molar-refractivity contribution is 5.76. The number of H-pyrrole nitrogens is 1. The molecule has 2 aliphatic heterocycles. The summed E-state index contributed by atoms with van der Waals surface area (Å²) in [5, 5.41) is 0. The van der Waals surface area contributed by atoms with Gasteiger partial charge in [0.2, 0.25) is 5.91 Å². The van der Waals surface area contributed by atoms with Crippen LogP contribution in [0.4, 0.5) is 0 Å². The number of aromatic amines is 1. The molecule has 0 radical (unpaired) electrons. The molecule has 4 aliphatic rings. The van der Waals surface area contributed by atoms with Crippen LogP contribution in [0.3, 0.4) is 0 Å². The fraction of sp³-hybridized carbons (Fsp3) is 0.792. The van der Waals surface area contributed by atoms with E-state index in [9.17, 15) is 9.59 Å². The minimum Gasteiger partial charge on any atom is -0.342 e. The van der Waals surface area contributed by atoms with Crippen LogP contribution in [0.25, 0.3) is 0 Å². The van der Waals surface area contributed by atoms with Gasteiger partial charge in [-0.3, -0.25) is 14.5 Å². The molecule has 6 nitrogen and oxygen atoms in total. The van der Waals surface area contributed by atoms with Gasteiger partial charge >= 0.3 is 0 Å². The van der Waals surface area contributed by atoms with Crippen LogP contribution in [-0.4, -0.2) is 51.4 Å². The zero-order valence-corrected chi connectivity index (χ0v) is 18.2. The van der Waals surface area contributed by atoms with Crippen LogP contribution in [0.2, 0.25) is 0 Å². The lowest BCUT2D eigenvalue weighted by Crippen LogP contribution is -2.41. The van der Waals surface area contributed by atoms with Gasteiger partial charge in [-0.25, -0.2) is 4.98 Å². The Hall–Kier alpha value is -1.69. The summed E-state index contributed by atoms with van der Waals surface area (Å²) in [6, 6.07) is 0.669. The van der Waals surface area contributed by atoms with Gasteiger partial charge in [-0.2, -0.15) is 0 Å². The average molecular weight is 413 g/mol. The highest BCUT2D eigenvalue weighted by Crippen LogP contribution is 2.31. The molecule has 2 aliphatic carbocycles. The fourth-order valence-corrected chi connectivity index (χ4v) is 6.23. The maximum atomic E-state index is 12.8. The molecule has 1 aromatic heterocycles. The van der Waals surface area contributed by atoms with Crippen LogP contribution in [0, 0.1) is 5.92 Å². The fourth-order valence-electron chi connectivity index (χ4n) is 6.23. The number of hydrogen-bond acceptors (Lipinski definition) is 4. The first-order valence-electron chi connectivity index (χ1n) is 12.3. The Morgan fingerprint density at radius 3 is 2.57 bits per heavy atom. The van der Waals surface area contributed by atoms with Crippen LogP contribution in [0.15, 0.2) is 4.79 Å². The monoisotopic (exact) mass is 412 g/mol. The van der Waals surface area contributed by atoms with Crippen LogP contribution in [0.1, 0.15) is 93.6 Å². The van der Waals surface area contributed by atoms with E-state index in [1.807, 2.05) is 4.90 Å². The molecule has 164 valence electrons. The Balaban J connectivity index is 1.25. The molecule has 1 amide bonds. The normalized spacial score (nSPS) is 26.3. The Morgan fingerprint density at radius 2 is 1.77 bits per heavy atom. The van der Waals surface area contributed by atoms with Crippen LogP contribution >= 0.6 is 0 Å². The summed E-state index contributed by atoms with van der Waals surface area (Å²) in [5.41, 5.74) is 1.92. The second kappa shape index (κ2) is 8.81. The second-order valence-electron chi connectivity index (χ2n) is 10.1. The van der Waals surface area contributed by atoms with Gasteiger partial charge in [0, 0.05) is 50.1 Å². The lowest BCUT2D eigenvalue weighted by atomic mass is 9.87. The molecule has 0 spiro atoms. The molecule has 5 rings (SSSR count). The van der Waals surface area contributed by atoms with Gasteiger partial charge in [0.1, 0.15) is 5.82 Å². The number of carbonyl (C=O) groups excluding carboxylic acids is 1. The van der Waals surface area contributed by atoms with Gasteiger partial charge in [-0.05, 0) is 44.4 Å². The van der Waals surface area contributed by atoms with Crippen molar-refractivity contribution in [3.8, 4) is 0 Å². The van der Waals surface area contributed by atoms with Gasteiger partial charge in [-0.15, -0.1) is 0 Å². The van der Waals surface area contributed by atoms with Gasteiger partial charge in [0.25, 0.3) is 5.56 Å². The quantitative estimate of drug-likeness (QED) is 0.823. The van der Waals surface area contributed by atoms with Crippen molar-refractivity contribution in [2.75, 3.05) is 19.6 Å². The topological polar surface area (TPSA) is 69.3 Å². The Kier molecular flexibility index (Phi) is 5.94. The van der Waals surface area contributed by atoms with Crippen molar-refractivity contribution in [3.05, 3.63) is 27.4 Å². The molecule has 30 heavy (non-hydrogen) atoms. The third-order valence-corrected chi connectivity index (χ3v) is 8.08. The molecule has 0 bridgehead atoms. The summed E-state index contributed by atoms with van der Waals surface area (Å²) in [6.45, 7) is 3.30. The maximum absolute atomic E-state index is 12.8. The smallest absolute Gasteiger partial charge is 0.254 e. The maximum Gasteiger partial charge on any atom is 0.254 e. The van der Waals surface area contributed by atoms with E-state index in [-0.39, 0.29) is 11.5 Å². The van der Waals surface area contributed by atoms with Crippen LogP contribution in [0.5, 0.6) is 0 Å². The molecule has 2 saturated carbocycles. The van der Waals surface area contributed by atoms with Crippen LogP contribution < -0.4 is 5.56 Å². The molecule has 3 heterocycles. The SMILES string of the molecule is O=C(CC1CCCCC1)N1CCC(c2nc3c(c(=O)[nH]2)CCN(C2CCCC2)C3)C1. The van der Waals surface area contributed by atoms with E-state index in [1.165, 1.54) is 57.8 Å². The average Bonchev–Trinajstić information content (AvgIpc) is 3.46. The van der Waals surface area contributed by atoms with E-state index < -0.39 is 0 Å². The van der Waals surface area contributed by atoms with E-state index in [1.54, 1.807) is 0 Å². The molecule has 6 heteroatoms.